The molecular formula is C22H21NO4. The Morgan fingerprint density at radius 3 is 2.59 bits per heavy atom. The van der Waals surface area contributed by atoms with Gasteiger partial charge in [0.15, 0.2) is 6.61 Å². The van der Waals surface area contributed by atoms with E-state index in [2.05, 4.69) is 6.07 Å². The van der Waals surface area contributed by atoms with Gasteiger partial charge in [-0.3, -0.25) is 4.79 Å². The zero-order valence-electron chi connectivity index (χ0n) is 15.5. The van der Waals surface area contributed by atoms with E-state index in [1.807, 2.05) is 37.3 Å². The first kappa shape index (κ1) is 17.3. The summed E-state index contributed by atoms with van der Waals surface area (Å²) in [6.45, 7) is 1.90. The Kier molecular flexibility index (Phi) is 4.44. The summed E-state index contributed by atoms with van der Waals surface area (Å²) in [5, 5.41) is 2.06. The molecule has 0 atom stereocenters. The van der Waals surface area contributed by atoms with Gasteiger partial charge in [-0.05, 0) is 59.9 Å². The lowest BCUT2D eigenvalue weighted by Crippen LogP contribution is -2.30. The lowest BCUT2D eigenvalue weighted by Gasteiger charge is -2.16. The Labute approximate surface area is 157 Å². The smallest absolute Gasteiger partial charge is 0.339 e. The van der Waals surface area contributed by atoms with Crippen molar-refractivity contribution in [2.24, 2.45) is 0 Å². The molecule has 0 saturated heterocycles. The highest BCUT2D eigenvalue weighted by Gasteiger charge is 2.20. The molecule has 2 aromatic carbocycles. The molecule has 1 amide bonds. The first-order chi connectivity index (χ1) is 13.0. The molecule has 0 saturated carbocycles. The quantitative estimate of drug-likeness (QED) is 0.649. The molecule has 138 valence electrons. The van der Waals surface area contributed by atoms with E-state index in [0.29, 0.717) is 17.9 Å². The fourth-order valence-corrected chi connectivity index (χ4v) is 3.63. The number of furan rings is 1. The van der Waals surface area contributed by atoms with Gasteiger partial charge in [-0.25, -0.2) is 4.79 Å². The Morgan fingerprint density at radius 2 is 1.85 bits per heavy atom. The number of rotatable bonds is 5. The van der Waals surface area contributed by atoms with Gasteiger partial charge in [0.2, 0.25) is 0 Å². The van der Waals surface area contributed by atoms with E-state index in [1.54, 1.807) is 13.1 Å². The van der Waals surface area contributed by atoms with Crippen LogP contribution in [0, 0.1) is 6.92 Å². The van der Waals surface area contributed by atoms with E-state index in [1.165, 1.54) is 16.0 Å². The van der Waals surface area contributed by atoms with E-state index < -0.39 is 5.97 Å². The molecular weight excluding hydrogens is 342 g/mol. The third kappa shape index (κ3) is 3.33. The number of amides is 1. The van der Waals surface area contributed by atoms with Crippen molar-refractivity contribution in [1.29, 1.82) is 0 Å². The van der Waals surface area contributed by atoms with Gasteiger partial charge >= 0.3 is 5.97 Å². The average molecular weight is 363 g/mol. The third-order valence-electron chi connectivity index (χ3n) is 5.04. The van der Waals surface area contributed by atoms with Crippen molar-refractivity contribution in [2.75, 3.05) is 13.7 Å². The monoisotopic (exact) mass is 363 g/mol. The molecule has 4 rings (SSSR count). The highest BCUT2D eigenvalue weighted by Crippen LogP contribution is 2.33. The van der Waals surface area contributed by atoms with E-state index in [9.17, 15) is 9.59 Å². The average Bonchev–Trinajstić information content (AvgIpc) is 3.27. The van der Waals surface area contributed by atoms with Gasteiger partial charge < -0.3 is 14.1 Å². The molecule has 5 nitrogen and oxygen atoms in total. The van der Waals surface area contributed by atoms with Gasteiger partial charge in [-0.1, -0.05) is 24.3 Å². The first-order valence-corrected chi connectivity index (χ1v) is 9.03. The van der Waals surface area contributed by atoms with Crippen molar-refractivity contribution in [1.82, 2.24) is 4.90 Å². The van der Waals surface area contributed by atoms with Gasteiger partial charge in [0.05, 0.1) is 12.1 Å². The fourth-order valence-electron chi connectivity index (χ4n) is 3.63. The van der Waals surface area contributed by atoms with Crippen molar-refractivity contribution in [3.05, 3.63) is 70.7 Å². The van der Waals surface area contributed by atoms with Crippen molar-refractivity contribution >= 4 is 22.6 Å². The molecule has 0 spiro atoms. The molecule has 0 radical (unpaired) electrons. The van der Waals surface area contributed by atoms with Crippen LogP contribution in [-0.4, -0.2) is 30.4 Å². The van der Waals surface area contributed by atoms with Crippen molar-refractivity contribution in [3.8, 4) is 0 Å². The Morgan fingerprint density at radius 1 is 1.07 bits per heavy atom. The van der Waals surface area contributed by atoms with E-state index in [0.717, 1.165) is 29.4 Å². The van der Waals surface area contributed by atoms with Crippen LogP contribution in [0.15, 0.2) is 46.9 Å². The number of likely N-dealkylation sites (N-methyl/N-ethyl adjacent to an activating group) is 1. The van der Waals surface area contributed by atoms with Crippen LogP contribution in [0.4, 0.5) is 0 Å². The number of ether oxygens (including phenoxy) is 1. The predicted octanol–water partition coefficient (Wildman–Crippen LogP) is 3.66. The summed E-state index contributed by atoms with van der Waals surface area (Å²) >= 11 is 0. The van der Waals surface area contributed by atoms with Crippen molar-refractivity contribution in [3.63, 3.8) is 0 Å². The molecule has 5 heteroatoms. The van der Waals surface area contributed by atoms with Gasteiger partial charge in [0, 0.05) is 7.05 Å². The highest BCUT2D eigenvalue weighted by atomic mass is 16.5. The van der Waals surface area contributed by atoms with Gasteiger partial charge in [0.1, 0.15) is 11.5 Å². The summed E-state index contributed by atoms with van der Waals surface area (Å²) < 4.78 is 10.8. The minimum Gasteiger partial charge on any atom is -0.464 e. The lowest BCUT2D eigenvalue weighted by atomic mass is 10.00. The van der Waals surface area contributed by atoms with Crippen LogP contribution in [-0.2, 0) is 28.9 Å². The van der Waals surface area contributed by atoms with Crippen LogP contribution in [0.5, 0.6) is 0 Å². The number of hydrogen-bond acceptors (Lipinski definition) is 4. The van der Waals surface area contributed by atoms with E-state index in [4.69, 9.17) is 9.15 Å². The second kappa shape index (κ2) is 6.91. The van der Waals surface area contributed by atoms with Crippen molar-refractivity contribution in [2.45, 2.75) is 26.3 Å². The summed E-state index contributed by atoms with van der Waals surface area (Å²) in [7, 11) is 1.66. The molecule has 0 N–H and O–H groups in total. The molecule has 3 aromatic rings. The SMILES string of the molecule is Cc1ccc(CN(C)C(=O)COC(=O)c2ccc3c4c(cccc24)CC3)o1. The minimum atomic E-state index is -0.471. The van der Waals surface area contributed by atoms with E-state index in [-0.39, 0.29) is 12.5 Å². The number of aryl methyl sites for hydroxylation is 3. The number of hydrogen-bond donors (Lipinski definition) is 0. The van der Waals surface area contributed by atoms with Crippen LogP contribution in [0.2, 0.25) is 0 Å². The summed E-state index contributed by atoms with van der Waals surface area (Å²) in [5.41, 5.74) is 3.04. The lowest BCUT2D eigenvalue weighted by molar-refractivity contribution is -0.133. The molecule has 27 heavy (non-hydrogen) atoms. The predicted molar refractivity (Wildman–Crippen MR) is 102 cm³/mol. The molecule has 0 unspecified atom stereocenters. The summed E-state index contributed by atoms with van der Waals surface area (Å²) in [6, 6.07) is 13.5. The largest absolute Gasteiger partial charge is 0.464 e. The Balaban J connectivity index is 1.44. The van der Waals surface area contributed by atoms with Gasteiger partial charge in [0.25, 0.3) is 5.91 Å². The Hall–Kier alpha value is -3.08. The maximum atomic E-state index is 12.6. The standard InChI is InChI=1S/C22H21NO4/c1-14-6-10-17(27-14)12-23(2)20(24)13-26-22(25)19-11-9-16-8-7-15-4-3-5-18(19)21(15)16/h3-6,9-11H,7-8,12-13H2,1-2H3. The highest BCUT2D eigenvalue weighted by molar-refractivity contribution is 6.07. The fraction of sp³-hybridized carbons (Fsp3) is 0.273. The normalized spacial score (nSPS) is 12.4. The van der Waals surface area contributed by atoms with Gasteiger partial charge in [-0.2, -0.15) is 0 Å². The minimum absolute atomic E-state index is 0.275. The third-order valence-corrected chi connectivity index (χ3v) is 5.04. The number of esters is 1. The number of nitrogens with zero attached hydrogens (tertiary/aromatic N) is 1. The van der Waals surface area contributed by atoms with Crippen LogP contribution >= 0.6 is 0 Å². The van der Waals surface area contributed by atoms with Crippen LogP contribution in [0.25, 0.3) is 10.8 Å². The Bertz CT molecular complexity index is 1020. The zero-order valence-corrected chi connectivity index (χ0v) is 15.5. The van der Waals surface area contributed by atoms with Crippen molar-refractivity contribution < 1.29 is 18.7 Å². The molecule has 0 fully saturated rings. The molecule has 0 bridgehead atoms. The second-order valence-corrected chi connectivity index (χ2v) is 6.95. The van der Waals surface area contributed by atoms with Crippen LogP contribution < -0.4 is 0 Å². The number of carbonyl (C=O) groups is 2. The molecule has 1 heterocycles. The second-order valence-electron chi connectivity index (χ2n) is 6.95. The summed E-state index contributed by atoms with van der Waals surface area (Å²) in [4.78, 5) is 26.3. The number of carbonyl (C=O) groups excluding carboxylic acids is 2. The first-order valence-electron chi connectivity index (χ1n) is 9.03. The molecule has 1 aliphatic carbocycles. The van der Waals surface area contributed by atoms with E-state index >= 15 is 0 Å². The summed E-state index contributed by atoms with van der Waals surface area (Å²) in [5.74, 6) is 0.746. The maximum absolute atomic E-state index is 12.6. The maximum Gasteiger partial charge on any atom is 0.339 e. The number of benzene rings is 2. The summed E-state index contributed by atoms with van der Waals surface area (Å²) in [6.07, 6.45) is 2.00. The van der Waals surface area contributed by atoms with Crippen LogP contribution in [0.1, 0.15) is 33.0 Å². The zero-order chi connectivity index (χ0) is 19.0. The topological polar surface area (TPSA) is 59.8 Å². The molecule has 1 aliphatic rings. The van der Waals surface area contributed by atoms with Crippen LogP contribution in [0.3, 0.4) is 0 Å². The molecule has 1 aromatic heterocycles. The molecule has 0 aliphatic heterocycles. The van der Waals surface area contributed by atoms with Gasteiger partial charge in [-0.15, -0.1) is 0 Å².